The van der Waals surface area contributed by atoms with Crippen molar-refractivity contribution >= 4 is 17.3 Å². The minimum absolute atomic E-state index is 0.109. The highest BCUT2D eigenvalue weighted by atomic mass is 16.6. The number of benzene rings is 1. The lowest BCUT2D eigenvalue weighted by Crippen LogP contribution is -2.20. The van der Waals surface area contributed by atoms with Gasteiger partial charge in [0.1, 0.15) is 5.56 Å². The van der Waals surface area contributed by atoms with Crippen molar-refractivity contribution < 1.29 is 9.72 Å². The zero-order valence-electron chi connectivity index (χ0n) is 9.90. The molecule has 0 heterocycles. The number of rotatable bonds is 3. The molecule has 1 aromatic rings. The highest BCUT2D eigenvalue weighted by Crippen LogP contribution is 2.20. The molecule has 0 aliphatic heterocycles. The number of nitrogens with one attached hydrogen (secondary N) is 1. The van der Waals surface area contributed by atoms with Gasteiger partial charge in [-0.15, -0.1) is 0 Å². The molecule has 3 N–H and O–H groups in total. The molecule has 1 amide bonds. The van der Waals surface area contributed by atoms with Gasteiger partial charge in [0.25, 0.3) is 5.69 Å². The second-order valence-corrected chi connectivity index (χ2v) is 3.57. The molecule has 94 valence electrons. The Labute approximate surface area is 104 Å². The molecular weight excluding hydrogens is 234 g/mol. The smallest absolute Gasteiger partial charge is 0.286 e. The Morgan fingerprint density at radius 2 is 2.28 bits per heavy atom. The van der Waals surface area contributed by atoms with E-state index in [1.807, 2.05) is 0 Å². The van der Waals surface area contributed by atoms with E-state index in [-0.39, 0.29) is 11.6 Å². The molecule has 0 atom stereocenters. The molecule has 1 aromatic carbocycles. The van der Waals surface area contributed by atoms with Crippen molar-refractivity contribution in [3.8, 4) is 11.8 Å². The van der Waals surface area contributed by atoms with Gasteiger partial charge in [-0.3, -0.25) is 14.9 Å². The zero-order chi connectivity index (χ0) is 13.5. The van der Waals surface area contributed by atoms with E-state index in [2.05, 4.69) is 17.2 Å². The summed E-state index contributed by atoms with van der Waals surface area (Å²) in [7, 11) is 0. The minimum Gasteiger partial charge on any atom is -0.399 e. The molecule has 0 spiro atoms. The lowest BCUT2D eigenvalue weighted by molar-refractivity contribution is -0.385. The van der Waals surface area contributed by atoms with Crippen LogP contribution in [-0.2, 0) is 4.79 Å². The van der Waals surface area contributed by atoms with E-state index < -0.39 is 4.92 Å². The summed E-state index contributed by atoms with van der Waals surface area (Å²) in [5, 5.41) is 13.4. The number of nitrogens with two attached hydrogens (primary N) is 1. The van der Waals surface area contributed by atoms with Gasteiger partial charge < -0.3 is 11.1 Å². The summed E-state index contributed by atoms with van der Waals surface area (Å²) < 4.78 is 0. The molecule has 0 radical (unpaired) electrons. The lowest BCUT2D eigenvalue weighted by Gasteiger charge is -1.97. The van der Waals surface area contributed by atoms with Crippen LogP contribution in [0.15, 0.2) is 18.2 Å². The number of amides is 1. The molecule has 0 fully saturated rings. The fourth-order valence-corrected chi connectivity index (χ4v) is 1.26. The SMILES string of the molecule is CC(=O)NCCC#Cc1ccc(N)cc1[N+](=O)[O-]. The van der Waals surface area contributed by atoms with Gasteiger partial charge in [0.15, 0.2) is 0 Å². The van der Waals surface area contributed by atoms with Crippen LogP contribution in [0, 0.1) is 22.0 Å². The number of hydrogen-bond acceptors (Lipinski definition) is 4. The van der Waals surface area contributed by atoms with Crippen LogP contribution in [0.5, 0.6) is 0 Å². The molecule has 0 aliphatic rings. The first-order valence-electron chi connectivity index (χ1n) is 5.28. The number of hydrogen-bond donors (Lipinski definition) is 2. The molecule has 6 nitrogen and oxygen atoms in total. The van der Waals surface area contributed by atoms with E-state index in [9.17, 15) is 14.9 Å². The monoisotopic (exact) mass is 247 g/mol. The van der Waals surface area contributed by atoms with Crippen molar-refractivity contribution in [2.24, 2.45) is 0 Å². The van der Waals surface area contributed by atoms with Gasteiger partial charge in [-0.25, -0.2) is 0 Å². The fourth-order valence-electron chi connectivity index (χ4n) is 1.26. The fraction of sp³-hybridized carbons (Fsp3) is 0.250. The number of anilines is 1. The third-order valence-corrected chi connectivity index (χ3v) is 2.07. The first-order valence-corrected chi connectivity index (χ1v) is 5.28. The summed E-state index contributed by atoms with van der Waals surface area (Å²) >= 11 is 0. The average molecular weight is 247 g/mol. The zero-order valence-corrected chi connectivity index (χ0v) is 9.90. The predicted molar refractivity (Wildman–Crippen MR) is 67.7 cm³/mol. The van der Waals surface area contributed by atoms with Crippen LogP contribution >= 0.6 is 0 Å². The van der Waals surface area contributed by atoms with Crippen molar-refractivity contribution in [2.45, 2.75) is 13.3 Å². The summed E-state index contributed by atoms with van der Waals surface area (Å²) in [4.78, 5) is 20.9. The molecule has 18 heavy (non-hydrogen) atoms. The third kappa shape index (κ3) is 4.14. The summed E-state index contributed by atoms with van der Waals surface area (Å²) in [6.07, 6.45) is 0.432. The van der Waals surface area contributed by atoms with E-state index in [1.165, 1.54) is 19.1 Å². The van der Waals surface area contributed by atoms with Crippen molar-refractivity contribution in [3.05, 3.63) is 33.9 Å². The molecule has 0 bridgehead atoms. The molecule has 0 aliphatic carbocycles. The van der Waals surface area contributed by atoms with Crippen LogP contribution in [-0.4, -0.2) is 17.4 Å². The summed E-state index contributed by atoms with van der Waals surface area (Å²) in [6.45, 7) is 1.84. The van der Waals surface area contributed by atoms with Gasteiger partial charge >= 0.3 is 0 Å². The van der Waals surface area contributed by atoms with Gasteiger partial charge in [0.2, 0.25) is 5.91 Å². The quantitative estimate of drug-likeness (QED) is 0.274. The normalized spacial score (nSPS) is 9.17. The van der Waals surface area contributed by atoms with E-state index >= 15 is 0 Å². The number of nitrogen functional groups attached to an aromatic ring is 1. The highest BCUT2D eigenvalue weighted by Gasteiger charge is 2.11. The molecule has 0 aromatic heterocycles. The average Bonchev–Trinajstić information content (AvgIpc) is 2.29. The standard InChI is InChI=1S/C12H13N3O3/c1-9(16)14-7-3-2-4-10-5-6-11(13)8-12(10)15(17)18/h5-6,8H,3,7,13H2,1H3,(H,14,16). The number of carbonyl (C=O) groups excluding carboxylic acids is 1. The second kappa shape index (κ2) is 6.25. The molecule has 1 rings (SSSR count). The third-order valence-electron chi connectivity index (χ3n) is 2.07. The summed E-state index contributed by atoms with van der Waals surface area (Å²) in [5.41, 5.74) is 6.01. The number of carbonyl (C=O) groups is 1. The predicted octanol–water partition coefficient (Wildman–Crippen LogP) is 1.05. The first-order chi connectivity index (χ1) is 8.50. The largest absolute Gasteiger partial charge is 0.399 e. The topological polar surface area (TPSA) is 98.3 Å². The van der Waals surface area contributed by atoms with Crippen molar-refractivity contribution in [3.63, 3.8) is 0 Å². The van der Waals surface area contributed by atoms with Gasteiger partial charge in [-0.1, -0.05) is 11.8 Å². The van der Waals surface area contributed by atoms with Gasteiger partial charge in [-0.2, -0.15) is 0 Å². The lowest BCUT2D eigenvalue weighted by atomic mass is 10.1. The van der Waals surface area contributed by atoms with E-state index in [0.717, 1.165) is 0 Å². The Morgan fingerprint density at radius 3 is 2.89 bits per heavy atom. The molecule has 0 unspecified atom stereocenters. The Kier molecular flexibility index (Phi) is 4.69. The van der Waals surface area contributed by atoms with Crippen LogP contribution in [0.25, 0.3) is 0 Å². The maximum absolute atomic E-state index is 10.8. The second-order valence-electron chi connectivity index (χ2n) is 3.57. The Hall–Kier alpha value is -2.55. The van der Waals surface area contributed by atoms with E-state index in [4.69, 9.17) is 5.73 Å². The van der Waals surface area contributed by atoms with Crippen LogP contribution in [0.1, 0.15) is 18.9 Å². The van der Waals surface area contributed by atoms with Gasteiger partial charge in [0, 0.05) is 31.6 Å². The molecule has 0 saturated heterocycles. The van der Waals surface area contributed by atoms with E-state index in [1.54, 1.807) is 6.07 Å². The Bertz CT molecular complexity index is 529. The van der Waals surface area contributed by atoms with Crippen LogP contribution < -0.4 is 11.1 Å². The maximum Gasteiger partial charge on any atom is 0.286 e. The first kappa shape index (κ1) is 13.5. The van der Waals surface area contributed by atoms with Crippen LogP contribution in [0.3, 0.4) is 0 Å². The van der Waals surface area contributed by atoms with Crippen LogP contribution in [0.4, 0.5) is 11.4 Å². The number of nitrogens with zero attached hydrogens (tertiary/aromatic N) is 1. The summed E-state index contributed by atoms with van der Waals surface area (Å²) in [6, 6.07) is 4.35. The summed E-state index contributed by atoms with van der Waals surface area (Å²) in [5.74, 6) is 5.33. The Morgan fingerprint density at radius 1 is 1.56 bits per heavy atom. The molecular formula is C12H13N3O3. The highest BCUT2D eigenvalue weighted by molar-refractivity contribution is 5.72. The van der Waals surface area contributed by atoms with Crippen LogP contribution in [0.2, 0.25) is 0 Å². The molecule has 6 heteroatoms. The van der Waals surface area contributed by atoms with Gasteiger partial charge in [-0.05, 0) is 12.1 Å². The Balaban J connectivity index is 2.75. The molecule has 0 saturated carbocycles. The van der Waals surface area contributed by atoms with Gasteiger partial charge in [0.05, 0.1) is 4.92 Å². The maximum atomic E-state index is 10.8. The van der Waals surface area contributed by atoms with Crippen molar-refractivity contribution in [2.75, 3.05) is 12.3 Å². The minimum atomic E-state index is -0.520. The number of nitro benzene ring substituents is 1. The van der Waals surface area contributed by atoms with Crippen molar-refractivity contribution in [1.82, 2.24) is 5.32 Å². The van der Waals surface area contributed by atoms with E-state index in [0.29, 0.717) is 24.2 Å². The number of nitro groups is 1. The van der Waals surface area contributed by atoms with Crippen molar-refractivity contribution in [1.29, 1.82) is 0 Å².